The Kier molecular flexibility index (Phi) is 10.9. The van der Waals surface area contributed by atoms with Crippen LogP contribution in [0.1, 0.15) is 39.2 Å². The Morgan fingerprint density at radius 3 is 2.28 bits per heavy atom. The summed E-state index contributed by atoms with van der Waals surface area (Å²) in [5, 5.41) is 3.59. The minimum absolute atomic E-state index is 0.0334. The van der Waals surface area contributed by atoms with Gasteiger partial charge in [-0.2, -0.15) is 0 Å². The highest BCUT2D eigenvalue weighted by Gasteiger charge is 2.33. The van der Waals surface area contributed by atoms with E-state index in [9.17, 15) is 18.0 Å². The molecule has 0 spiro atoms. The van der Waals surface area contributed by atoms with Gasteiger partial charge in [0.1, 0.15) is 18.3 Å². The monoisotopic (exact) mass is 557 g/mol. The third kappa shape index (κ3) is 7.75. The summed E-state index contributed by atoms with van der Waals surface area (Å²) in [6.07, 6.45) is 2.06. The molecular formula is C25H33Cl2N3O5S. The lowest BCUT2D eigenvalue weighted by Gasteiger charge is -2.33. The Morgan fingerprint density at radius 2 is 1.72 bits per heavy atom. The number of rotatable bonds is 12. The minimum Gasteiger partial charge on any atom is -0.495 e. The van der Waals surface area contributed by atoms with Crippen LogP contribution in [0.15, 0.2) is 42.5 Å². The van der Waals surface area contributed by atoms with Crippen molar-refractivity contribution in [2.75, 3.05) is 24.2 Å². The molecule has 198 valence electrons. The summed E-state index contributed by atoms with van der Waals surface area (Å²) in [6.45, 7) is 5.13. The fourth-order valence-electron chi connectivity index (χ4n) is 3.63. The van der Waals surface area contributed by atoms with Gasteiger partial charge in [-0.25, -0.2) is 8.42 Å². The van der Waals surface area contributed by atoms with Gasteiger partial charge in [0.2, 0.25) is 21.8 Å². The standard InChI is InChI=1S/C25H33Cl2N3O5S/c1-6-17(3)28-25(32)21(7-2)29(15-18-12-13-19(26)20(27)14-18)24(31)16-30(36(5,33)34)22-10-8-9-11-23(22)35-4/h8-14,17,21H,6-7,15-16H2,1-5H3,(H,28,32)/t17-,21-/m1/s1. The van der Waals surface area contributed by atoms with Gasteiger partial charge < -0.3 is 15.0 Å². The van der Waals surface area contributed by atoms with Gasteiger partial charge >= 0.3 is 0 Å². The smallest absolute Gasteiger partial charge is 0.244 e. The van der Waals surface area contributed by atoms with E-state index >= 15 is 0 Å². The summed E-state index contributed by atoms with van der Waals surface area (Å²) in [5.41, 5.74) is 0.873. The second-order valence-electron chi connectivity index (χ2n) is 8.45. The molecule has 0 aliphatic carbocycles. The highest BCUT2D eigenvalue weighted by Crippen LogP contribution is 2.30. The molecule has 2 atom stereocenters. The normalized spacial score (nSPS) is 13.0. The van der Waals surface area contributed by atoms with Gasteiger partial charge in [-0.15, -0.1) is 0 Å². The third-order valence-corrected chi connectivity index (χ3v) is 7.62. The number of halogens is 2. The van der Waals surface area contributed by atoms with Crippen LogP contribution in [0.5, 0.6) is 5.75 Å². The molecule has 0 aromatic heterocycles. The number of nitrogens with one attached hydrogen (secondary N) is 1. The van der Waals surface area contributed by atoms with Crippen molar-refractivity contribution in [3.05, 3.63) is 58.1 Å². The zero-order valence-corrected chi connectivity index (χ0v) is 23.5. The maximum Gasteiger partial charge on any atom is 0.244 e. The van der Waals surface area contributed by atoms with Crippen LogP contribution in [-0.2, 0) is 26.2 Å². The Labute approximate surface area is 223 Å². The second kappa shape index (κ2) is 13.2. The first kappa shape index (κ1) is 29.7. The number of hydrogen-bond acceptors (Lipinski definition) is 5. The third-order valence-electron chi connectivity index (χ3n) is 5.76. The second-order valence-corrected chi connectivity index (χ2v) is 11.2. The van der Waals surface area contributed by atoms with Crippen molar-refractivity contribution < 1.29 is 22.7 Å². The number of para-hydroxylation sites is 2. The number of carbonyl (C=O) groups is 2. The Morgan fingerprint density at radius 1 is 1.06 bits per heavy atom. The van der Waals surface area contributed by atoms with Crippen molar-refractivity contribution in [1.29, 1.82) is 0 Å². The number of ether oxygens (including phenoxy) is 1. The molecule has 0 unspecified atom stereocenters. The summed E-state index contributed by atoms with van der Waals surface area (Å²) in [7, 11) is -2.45. The van der Waals surface area contributed by atoms with E-state index in [1.807, 2.05) is 13.8 Å². The number of nitrogens with zero attached hydrogens (tertiary/aromatic N) is 2. The zero-order chi connectivity index (χ0) is 27.0. The van der Waals surface area contributed by atoms with E-state index in [4.69, 9.17) is 27.9 Å². The quantitative estimate of drug-likeness (QED) is 0.414. The van der Waals surface area contributed by atoms with Gasteiger partial charge in [0.05, 0.1) is 29.1 Å². The van der Waals surface area contributed by atoms with Crippen molar-refractivity contribution in [3.63, 3.8) is 0 Å². The van der Waals surface area contributed by atoms with Crippen molar-refractivity contribution in [2.45, 2.75) is 52.2 Å². The summed E-state index contributed by atoms with van der Waals surface area (Å²) in [5.74, 6) is -0.569. The van der Waals surface area contributed by atoms with Crippen molar-refractivity contribution in [2.24, 2.45) is 0 Å². The van der Waals surface area contributed by atoms with E-state index in [0.29, 0.717) is 27.8 Å². The average Bonchev–Trinajstić information content (AvgIpc) is 2.83. The van der Waals surface area contributed by atoms with Crippen molar-refractivity contribution >= 4 is 50.7 Å². The number of hydrogen-bond donors (Lipinski definition) is 1. The molecule has 8 nitrogen and oxygen atoms in total. The number of anilines is 1. The zero-order valence-electron chi connectivity index (χ0n) is 21.1. The molecule has 0 aliphatic heterocycles. The first-order chi connectivity index (χ1) is 16.9. The van der Waals surface area contributed by atoms with Crippen LogP contribution in [0.25, 0.3) is 0 Å². The Hall–Kier alpha value is -2.49. The first-order valence-corrected chi connectivity index (χ1v) is 14.2. The van der Waals surface area contributed by atoms with E-state index in [2.05, 4.69) is 5.32 Å². The van der Waals surface area contributed by atoms with Gasteiger partial charge in [0.15, 0.2) is 0 Å². The molecule has 0 saturated carbocycles. The molecule has 0 aliphatic rings. The molecule has 2 rings (SSSR count). The van der Waals surface area contributed by atoms with E-state index in [-0.39, 0.29) is 24.2 Å². The van der Waals surface area contributed by atoms with E-state index in [0.717, 1.165) is 17.0 Å². The molecule has 2 aromatic rings. The van der Waals surface area contributed by atoms with Gasteiger partial charge in [-0.3, -0.25) is 13.9 Å². The molecule has 0 radical (unpaired) electrons. The van der Waals surface area contributed by atoms with Crippen LogP contribution in [-0.4, -0.2) is 57.1 Å². The number of benzene rings is 2. The summed E-state index contributed by atoms with van der Waals surface area (Å²) >= 11 is 12.2. The number of carbonyl (C=O) groups excluding carboxylic acids is 2. The topological polar surface area (TPSA) is 96.0 Å². The fraction of sp³-hybridized carbons (Fsp3) is 0.440. The van der Waals surface area contributed by atoms with Crippen molar-refractivity contribution in [3.8, 4) is 5.75 Å². The number of amides is 2. The molecule has 11 heteroatoms. The van der Waals surface area contributed by atoms with Gasteiger partial charge in [0, 0.05) is 12.6 Å². The summed E-state index contributed by atoms with van der Waals surface area (Å²) < 4.78 is 31.8. The van der Waals surface area contributed by atoms with E-state index < -0.39 is 28.5 Å². The van der Waals surface area contributed by atoms with E-state index in [1.54, 1.807) is 49.4 Å². The molecule has 0 saturated heterocycles. The van der Waals surface area contributed by atoms with Gasteiger partial charge in [-0.05, 0) is 49.6 Å². The molecule has 2 amide bonds. The largest absolute Gasteiger partial charge is 0.495 e. The van der Waals surface area contributed by atoms with Crippen LogP contribution >= 0.6 is 23.2 Å². The highest BCUT2D eigenvalue weighted by molar-refractivity contribution is 7.92. The summed E-state index contributed by atoms with van der Waals surface area (Å²) in [6, 6.07) is 10.5. The predicted molar refractivity (Wildman–Crippen MR) is 144 cm³/mol. The van der Waals surface area contributed by atoms with E-state index in [1.165, 1.54) is 12.0 Å². The van der Waals surface area contributed by atoms with Crippen LogP contribution in [0, 0.1) is 0 Å². The van der Waals surface area contributed by atoms with Gasteiger partial charge in [-0.1, -0.05) is 55.2 Å². The van der Waals surface area contributed by atoms with Crippen LogP contribution in [0.4, 0.5) is 5.69 Å². The molecule has 36 heavy (non-hydrogen) atoms. The Bertz CT molecular complexity index is 1180. The maximum absolute atomic E-state index is 13.7. The van der Waals surface area contributed by atoms with Crippen LogP contribution in [0.3, 0.4) is 0 Å². The fourth-order valence-corrected chi connectivity index (χ4v) is 4.80. The van der Waals surface area contributed by atoms with Crippen LogP contribution < -0.4 is 14.4 Å². The summed E-state index contributed by atoms with van der Waals surface area (Å²) in [4.78, 5) is 28.3. The van der Waals surface area contributed by atoms with Crippen LogP contribution in [0.2, 0.25) is 10.0 Å². The molecular weight excluding hydrogens is 525 g/mol. The van der Waals surface area contributed by atoms with Gasteiger partial charge in [0.25, 0.3) is 0 Å². The number of methoxy groups -OCH3 is 1. The maximum atomic E-state index is 13.7. The molecule has 0 fully saturated rings. The SMILES string of the molecule is CC[C@@H](C)NC(=O)[C@@H](CC)N(Cc1ccc(Cl)c(Cl)c1)C(=O)CN(c1ccccc1OC)S(C)(=O)=O. The molecule has 0 heterocycles. The lowest BCUT2D eigenvalue weighted by molar-refractivity contribution is -0.140. The molecule has 0 bridgehead atoms. The average molecular weight is 559 g/mol. The molecule has 1 N–H and O–H groups in total. The number of sulfonamides is 1. The first-order valence-electron chi connectivity index (χ1n) is 11.6. The lowest BCUT2D eigenvalue weighted by Crippen LogP contribution is -2.53. The highest BCUT2D eigenvalue weighted by atomic mass is 35.5. The molecule has 2 aromatic carbocycles. The Balaban J connectivity index is 2.50. The minimum atomic E-state index is -3.87. The lowest BCUT2D eigenvalue weighted by atomic mass is 10.1. The predicted octanol–water partition coefficient (Wildman–Crippen LogP) is 4.49. The van der Waals surface area contributed by atoms with Crippen molar-refractivity contribution in [1.82, 2.24) is 10.2 Å².